The average molecular weight is 392 g/mol. The van der Waals surface area contributed by atoms with E-state index in [0.717, 1.165) is 11.3 Å². The number of esters is 1. The van der Waals surface area contributed by atoms with Gasteiger partial charge in [-0.2, -0.15) is 0 Å². The van der Waals surface area contributed by atoms with E-state index in [1.165, 1.54) is 12.1 Å². The van der Waals surface area contributed by atoms with Gasteiger partial charge >= 0.3 is 12.1 Å². The number of ether oxygens (including phenoxy) is 2. The van der Waals surface area contributed by atoms with E-state index < -0.39 is 22.6 Å². The van der Waals surface area contributed by atoms with Gasteiger partial charge in [-0.15, -0.1) is 11.3 Å². The number of carbonyl (C=O) groups excluding carboxylic acids is 2. The van der Waals surface area contributed by atoms with Crippen LogP contribution < -0.4 is 5.32 Å². The van der Waals surface area contributed by atoms with Crippen LogP contribution in [0.1, 0.15) is 37.4 Å². The second-order valence-corrected chi connectivity index (χ2v) is 7.56. The molecule has 9 heteroatoms. The Morgan fingerprint density at radius 2 is 1.96 bits per heavy atom. The van der Waals surface area contributed by atoms with E-state index in [9.17, 15) is 19.7 Å². The van der Waals surface area contributed by atoms with Crippen LogP contribution in [0.25, 0.3) is 10.4 Å². The second-order valence-electron chi connectivity index (χ2n) is 6.51. The Hall–Kier alpha value is -2.94. The highest BCUT2D eigenvalue weighted by molar-refractivity contribution is 7.18. The Morgan fingerprint density at radius 1 is 1.26 bits per heavy atom. The fourth-order valence-corrected chi connectivity index (χ4v) is 3.16. The lowest BCUT2D eigenvalue weighted by molar-refractivity contribution is -0.384. The molecule has 0 fully saturated rings. The van der Waals surface area contributed by atoms with E-state index in [4.69, 9.17) is 9.47 Å². The van der Waals surface area contributed by atoms with Crippen molar-refractivity contribution in [2.75, 3.05) is 11.9 Å². The number of hydrogen-bond acceptors (Lipinski definition) is 7. The topological polar surface area (TPSA) is 108 Å². The molecule has 0 saturated carbocycles. The zero-order valence-corrected chi connectivity index (χ0v) is 16.2. The van der Waals surface area contributed by atoms with Gasteiger partial charge in [-0.05, 0) is 39.3 Å². The van der Waals surface area contributed by atoms with Crippen LogP contribution in [0, 0.1) is 10.1 Å². The Bertz CT molecular complexity index is 869. The standard InChI is InChI=1S/C18H20N2O6S/c1-5-25-16(21)15-13(19-17(22)26-18(2,3)4)10-14(27-15)11-7-6-8-12(9-11)20(23)24/h6-10H,5H2,1-4H3,(H,19,22). The predicted molar refractivity (Wildman–Crippen MR) is 102 cm³/mol. The summed E-state index contributed by atoms with van der Waals surface area (Å²) < 4.78 is 10.2. The zero-order valence-electron chi connectivity index (χ0n) is 15.4. The number of anilines is 1. The quantitative estimate of drug-likeness (QED) is 0.443. The Labute approximate surface area is 160 Å². The van der Waals surface area contributed by atoms with E-state index in [-0.39, 0.29) is 22.9 Å². The third-order valence-corrected chi connectivity index (χ3v) is 4.33. The van der Waals surface area contributed by atoms with Crippen molar-refractivity contribution in [3.8, 4) is 10.4 Å². The number of carbonyl (C=O) groups is 2. The molecule has 0 radical (unpaired) electrons. The molecule has 27 heavy (non-hydrogen) atoms. The molecule has 1 heterocycles. The smallest absolute Gasteiger partial charge is 0.412 e. The molecule has 1 amide bonds. The van der Waals surface area contributed by atoms with Crippen molar-refractivity contribution in [3.63, 3.8) is 0 Å². The minimum atomic E-state index is -0.712. The Kier molecular flexibility index (Phi) is 6.17. The van der Waals surface area contributed by atoms with Crippen molar-refractivity contribution in [2.45, 2.75) is 33.3 Å². The molecule has 2 rings (SSSR count). The fourth-order valence-electron chi connectivity index (χ4n) is 2.16. The van der Waals surface area contributed by atoms with Gasteiger partial charge in [-0.1, -0.05) is 12.1 Å². The number of nitro groups is 1. The summed E-state index contributed by atoms with van der Waals surface area (Å²) in [5, 5.41) is 13.5. The average Bonchev–Trinajstić information content (AvgIpc) is 2.97. The molecule has 1 aromatic carbocycles. The van der Waals surface area contributed by atoms with E-state index in [1.807, 2.05) is 0 Å². The number of nitrogens with one attached hydrogen (secondary N) is 1. The molecule has 2 aromatic rings. The van der Waals surface area contributed by atoms with E-state index in [0.29, 0.717) is 10.4 Å². The van der Waals surface area contributed by atoms with Crippen molar-refractivity contribution >= 4 is 34.8 Å². The maximum absolute atomic E-state index is 12.2. The first kappa shape index (κ1) is 20.4. The summed E-state index contributed by atoms with van der Waals surface area (Å²) in [7, 11) is 0. The van der Waals surface area contributed by atoms with Gasteiger partial charge in [0.2, 0.25) is 0 Å². The van der Waals surface area contributed by atoms with Gasteiger partial charge in [-0.25, -0.2) is 9.59 Å². The molecule has 0 unspecified atom stereocenters. The van der Waals surface area contributed by atoms with Crippen LogP contribution in [0.2, 0.25) is 0 Å². The summed E-state index contributed by atoms with van der Waals surface area (Å²) in [6.07, 6.45) is -0.712. The largest absolute Gasteiger partial charge is 0.462 e. The van der Waals surface area contributed by atoms with E-state index >= 15 is 0 Å². The fraction of sp³-hybridized carbons (Fsp3) is 0.333. The lowest BCUT2D eigenvalue weighted by atomic mass is 10.1. The van der Waals surface area contributed by atoms with Crippen LogP contribution >= 0.6 is 11.3 Å². The number of non-ortho nitro benzene ring substituents is 1. The molecule has 0 aliphatic heterocycles. The Balaban J connectivity index is 2.40. The number of thiophene rings is 1. The van der Waals surface area contributed by atoms with Gasteiger partial charge in [0.25, 0.3) is 5.69 Å². The summed E-state index contributed by atoms with van der Waals surface area (Å²) >= 11 is 1.07. The molecule has 0 aliphatic rings. The first-order valence-corrected chi connectivity index (χ1v) is 8.98. The Morgan fingerprint density at radius 3 is 2.56 bits per heavy atom. The molecule has 8 nitrogen and oxygen atoms in total. The van der Waals surface area contributed by atoms with Crippen LogP contribution in [0.5, 0.6) is 0 Å². The third kappa shape index (κ3) is 5.52. The number of amides is 1. The van der Waals surface area contributed by atoms with Crippen molar-refractivity contribution in [3.05, 3.63) is 45.3 Å². The minimum absolute atomic E-state index is 0.0692. The molecule has 144 valence electrons. The lowest BCUT2D eigenvalue weighted by Gasteiger charge is -2.19. The third-order valence-electron chi connectivity index (χ3n) is 3.17. The van der Waals surface area contributed by atoms with E-state index in [1.54, 1.807) is 45.9 Å². The predicted octanol–water partition coefficient (Wildman–Crippen LogP) is 4.85. The maximum atomic E-state index is 12.2. The molecule has 0 atom stereocenters. The molecule has 1 aromatic heterocycles. The van der Waals surface area contributed by atoms with Gasteiger partial charge in [0.1, 0.15) is 10.5 Å². The second kappa shape index (κ2) is 8.17. The highest BCUT2D eigenvalue weighted by Crippen LogP contribution is 2.36. The monoisotopic (exact) mass is 392 g/mol. The van der Waals surface area contributed by atoms with Gasteiger partial charge in [0, 0.05) is 17.0 Å². The number of nitrogens with zero attached hydrogens (tertiary/aromatic N) is 1. The molecular weight excluding hydrogens is 372 g/mol. The molecular formula is C18H20N2O6S. The number of rotatable bonds is 5. The molecule has 0 spiro atoms. The molecule has 1 N–H and O–H groups in total. The number of benzene rings is 1. The summed E-state index contributed by atoms with van der Waals surface area (Å²) in [5.41, 5.74) is 0.0130. The summed E-state index contributed by atoms with van der Waals surface area (Å²) in [6, 6.07) is 7.59. The van der Waals surface area contributed by atoms with Crippen LogP contribution in [0.3, 0.4) is 0 Å². The summed E-state index contributed by atoms with van der Waals surface area (Å²) in [5.74, 6) is -0.592. The van der Waals surface area contributed by atoms with E-state index in [2.05, 4.69) is 5.32 Å². The highest BCUT2D eigenvalue weighted by Gasteiger charge is 2.23. The normalized spacial score (nSPS) is 11.0. The van der Waals surface area contributed by atoms with Gasteiger partial charge < -0.3 is 9.47 Å². The highest BCUT2D eigenvalue weighted by atomic mass is 32.1. The van der Waals surface area contributed by atoms with Gasteiger partial charge in [-0.3, -0.25) is 15.4 Å². The minimum Gasteiger partial charge on any atom is -0.462 e. The number of hydrogen-bond donors (Lipinski definition) is 1. The maximum Gasteiger partial charge on any atom is 0.412 e. The van der Waals surface area contributed by atoms with Gasteiger partial charge in [0.05, 0.1) is 17.2 Å². The number of nitro benzene ring substituents is 1. The van der Waals surface area contributed by atoms with Crippen molar-refractivity contribution in [1.29, 1.82) is 0 Å². The molecule has 0 saturated heterocycles. The van der Waals surface area contributed by atoms with Crippen molar-refractivity contribution in [2.24, 2.45) is 0 Å². The lowest BCUT2D eigenvalue weighted by Crippen LogP contribution is -2.27. The molecule has 0 bridgehead atoms. The van der Waals surface area contributed by atoms with Crippen LogP contribution in [-0.4, -0.2) is 29.2 Å². The first-order valence-electron chi connectivity index (χ1n) is 8.16. The molecule has 0 aliphatic carbocycles. The summed E-state index contributed by atoms with van der Waals surface area (Å²) in [4.78, 5) is 35.6. The van der Waals surface area contributed by atoms with Crippen LogP contribution in [0.15, 0.2) is 30.3 Å². The van der Waals surface area contributed by atoms with Crippen LogP contribution in [0.4, 0.5) is 16.2 Å². The zero-order chi connectivity index (χ0) is 20.2. The first-order chi connectivity index (χ1) is 12.6. The van der Waals surface area contributed by atoms with Crippen molar-refractivity contribution in [1.82, 2.24) is 0 Å². The van der Waals surface area contributed by atoms with Crippen molar-refractivity contribution < 1.29 is 24.0 Å². The van der Waals surface area contributed by atoms with Crippen LogP contribution in [-0.2, 0) is 9.47 Å². The summed E-state index contributed by atoms with van der Waals surface area (Å²) in [6.45, 7) is 7.02. The van der Waals surface area contributed by atoms with Gasteiger partial charge in [0.15, 0.2) is 0 Å². The SMILES string of the molecule is CCOC(=O)c1sc(-c2cccc([N+](=O)[O-])c2)cc1NC(=O)OC(C)(C)C.